The molecule has 2 rings (SSSR count). The van der Waals surface area contributed by atoms with Crippen LogP contribution in [0.25, 0.3) is 0 Å². The van der Waals surface area contributed by atoms with E-state index in [-0.39, 0.29) is 17.5 Å². The Morgan fingerprint density at radius 1 is 1.33 bits per heavy atom. The summed E-state index contributed by atoms with van der Waals surface area (Å²) >= 11 is 0. The summed E-state index contributed by atoms with van der Waals surface area (Å²) in [5.74, 6) is 0.281. The van der Waals surface area contributed by atoms with Crippen molar-refractivity contribution in [2.24, 2.45) is 0 Å². The summed E-state index contributed by atoms with van der Waals surface area (Å²) in [7, 11) is 5.07. The molecule has 0 aromatic heterocycles. The third-order valence-electron chi connectivity index (χ3n) is 3.94. The highest BCUT2D eigenvalue weighted by Gasteiger charge is 2.45. The molecule has 18 heavy (non-hydrogen) atoms. The van der Waals surface area contributed by atoms with Crippen LogP contribution >= 0.6 is 0 Å². The van der Waals surface area contributed by atoms with Crippen LogP contribution in [0.2, 0.25) is 0 Å². The zero-order chi connectivity index (χ0) is 13.2. The van der Waals surface area contributed by atoms with Gasteiger partial charge in [-0.25, -0.2) is 4.39 Å². The van der Waals surface area contributed by atoms with Crippen LogP contribution in [0.1, 0.15) is 30.9 Å². The second-order valence-corrected chi connectivity index (χ2v) is 4.73. The summed E-state index contributed by atoms with van der Waals surface area (Å²) in [4.78, 5) is 0. The van der Waals surface area contributed by atoms with Gasteiger partial charge in [0.25, 0.3) is 0 Å². The van der Waals surface area contributed by atoms with Crippen LogP contribution in [0.15, 0.2) is 18.2 Å². The molecule has 0 bridgehead atoms. The topological polar surface area (TPSA) is 30.5 Å². The van der Waals surface area contributed by atoms with Crippen LogP contribution in [-0.4, -0.2) is 26.9 Å². The standard InChI is InChI=1S/C14H20FNO2/c1-16-13(14(18-3)7-4-8-14)11-6-5-10(17-2)9-12(11)15/h5-6,9,13,16H,4,7-8H2,1-3H3. The van der Waals surface area contributed by atoms with Gasteiger partial charge in [0.15, 0.2) is 0 Å². The number of halogens is 1. The maximum Gasteiger partial charge on any atom is 0.131 e. The maximum atomic E-state index is 14.1. The molecule has 1 aromatic carbocycles. The van der Waals surface area contributed by atoms with Crippen LogP contribution in [0.3, 0.4) is 0 Å². The van der Waals surface area contributed by atoms with E-state index in [1.165, 1.54) is 13.2 Å². The summed E-state index contributed by atoms with van der Waals surface area (Å²) < 4.78 is 24.8. The van der Waals surface area contributed by atoms with Gasteiger partial charge < -0.3 is 14.8 Å². The van der Waals surface area contributed by atoms with E-state index in [2.05, 4.69) is 5.32 Å². The van der Waals surface area contributed by atoms with Crippen molar-refractivity contribution >= 4 is 0 Å². The van der Waals surface area contributed by atoms with Gasteiger partial charge in [-0.2, -0.15) is 0 Å². The first-order valence-electron chi connectivity index (χ1n) is 6.22. The van der Waals surface area contributed by atoms with E-state index >= 15 is 0 Å². The van der Waals surface area contributed by atoms with E-state index < -0.39 is 0 Å². The molecule has 1 aliphatic carbocycles. The lowest BCUT2D eigenvalue weighted by molar-refractivity contribution is -0.0989. The third kappa shape index (κ3) is 2.10. The average molecular weight is 253 g/mol. The Kier molecular flexibility index (Phi) is 3.88. The number of methoxy groups -OCH3 is 2. The van der Waals surface area contributed by atoms with Crippen LogP contribution in [-0.2, 0) is 4.74 Å². The lowest BCUT2D eigenvalue weighted by Gasteiger charge is -2.46. The molecule has 1 aromatic rings. The normalized spacial score (nSPS) is 19.1. The minimum absolute atomic E-state index is 0.123. The molecule has 3 nitrogen and oxygen atoms in total. The van der Waals surface area contributed by atoms with Crippen molar-refractivity contribution in [3.63, 3.8) is 0 Å². The smallest absolute Gasteiger partial charge is 0.131 e. The first-order chi connectivity index (χ1) is 8.66. The first kappa shape index (κ1) is 13.3. The molecule has 1 atom stereocenters. The molecule has 100 valence electrons. The highest BCUT2D eigenvalue weighted by Crippen LogP contribution is 2.45. The van der Waals surface area contributed by atoms with Gasteiger partial charge in [-0.15, -0.1) is 0 Å². The number of likely N-dealkylation sites (N-methyl/N-ethyl adjacent to an activating group) is 1. The van der Waals surface area contributed by atoms with E-state index in [1.54, 1.807) is 19.2 Å². The Hall–Kier alpha value is -1.13. The van der Waals surface area contributed by atoms with Gasteiger partial charge in [-0.3, -0.25) is 0 Å². The van der Waals surface area contributed by atoms with Crippen molar-refractivity contribution in [3.05, 3.63) is 29.6 Å². The molecular weight excluding hydrogens is 233 g/mol. The van der Waals surface area contributed by atoms with Gasteiger partial charge in [0.1, 0.15) is 11.6 Å². The molecule has 0 heterocycles. The third-order valence-corrected chi connectivity index (χ3v) is 3.94. The quantitative estimate of drug-likeness (QED) is 0.875. The minimum Gasteiger partial charge on any atom is -0.497 e. The van der Waals surface area contributed by atoms with Gasteiger partial charge >= 0.3 is 0 Å². The molecule has 1 aliphatic rings. The molecular formula is C14H20FNO2. The van der Waals surface area contributed by atoms with Crippen LogP contribution in [0.4, 0.5) is 4.39 Å². The van der Waals surface area contributed by atoms with Crippen molar-refractivity contribution in [1.29, 1.82) is 0 Å². The lowest BCUT2D eigenvalue weighted by Crippen LogP contribution is -2.50. The zero-order valence-electron chi connectivity index (χ0n) is 11.1. The predicted octanol–water partition coefficient (Wildman–Crippen LogP) is 2.66. The Morgan fingerprint density at radius 3 is 2.44 bits per heavy atom. The molecule has 1 saturated carbocycles. The number of hydrogen-bond acceptors (Lipinski definition) is 3. The van der Waals surface area contributed by atoms with E-state index in [0.29, 0.717) is 11.3 Å². The summed E-state index contributed by atoms with van der Waals surface area (Å²) in [6, 6.07) is 4.85. The van der Waals surface area contributed by atoms with Crippen LogP contribution < -0.4 is 10.1 Å². The molecule has 0 saturated heterocycles. The molecule has 1 unspecified atom stereocenters. The summed E-state index contributed by atoms with van der Waals surface area (Å²) in [6.45, 7) is 0. The Bertz CT molecular complexity index is 413. The second-order valence-electron chi connectivity index (χ2n) is 4.73. The van der Waals surface area contributed by atoms with Crippen molar-refractivity contribution < 1.29 is 13.9 Å². The number of nitrogens with one attached hydrogen (secondary N) is 1. The van der Waals surface area contributed by atoms with E-state index in [4.69, 9.17) is 9.47 Å². The van der Waals surface area contributed by atoms with Crippen molar-refractivity contribution in [1.82, 2.24) is 5.32 Å². The summed E-state index contributed by atoms with van der Waals surface area (Å²) in [5.41, 5.74) is 0.365. The summed E-state index contributed by atoms with van der Waals surface area (Å²) in [5, 5.41) is 3.18. The van der Waals surface area contributed by atoms with E-state index in [1.807, 2.05) is 7.05 Å². The van der Waals surface area contributed by atoms with Gasteiger partial charge in [-0.1, -0.05) is 6.07 Å². The van der Waals surface area contributed by atoms with Gasteiger partial charge in [0.05, 0.1) is 18.8 Å². The zero-order valence-corrected chi connectivity index (χ0v) is 11.1. The molecule has 0 radical (unpaired) electrons. The Labute approximate surface area is 107 Å². The number of ether oxygens (including phenoxy) is 2. The fourth-order valence-electron chi connectivity index (χ4n) is 2.71. The predicted molar refractivity (Wildman–Crippen MR) is 68.3 cm³/mol. The Balaban J connectivity index is 2.33. The van der Waals surface area contributed by atoms with E-state index in [0.717, 1.165) is 19.3 Å². The fourth-order valence-corrected chi connectivity index (χ4v) is 2.71. The van der Waals surface area contributed by atoms with Crippen molar-refractivity contribution in [3.8, 4) is 5.75 Å². The molecule has 0 aliphatic heterocycles. The first-order valence-corrected chi connectivity index (χ1v) is 6.22. The molecule has 1 fully saturated rings. The van der Waals surface area contributed by atoms with Crippen molar-refractivity contribution in [2.45, 2.75) is 30.9 Å². The van der Waals surface area contributed by atoms with E-state index in [9.17, 15) is 4.39 Å². The van der Waals surface area contributed by atoms with Crippen LogP contribution in [0.5, 0.6) is 5.75 Å². The number of rotatable bonds is 5. The van der Waals surface area contributed by atoms with Crippen LogP contribution in [0, 0.1) is 5.82 Å². The summed E-state index contributed by atoms with van der Waals surface area (Å²) in [6.07, 6.45) is 3.05. The SMILES string of the molecule is CNC(c1ccc(OC)cc1F)C1(OC)CCC1. The molecule has 0 spiro atoms. The average Bonchev–Trinajstić information content (AvgIpc) is 2.34. The van der Waals surface area contributed by atoms with Gasteiger partial charge in [-0.05, 0) is 32.4 Å². The van der Waals surface area contributed by atoms with Gasteiger partial charge in [0.2, 0.25) is 0 Å². The molecule has 1 N–H and O–H groups in total. The second kappa shape index (κ2) is 5.24. The number of hydrogen-bond donors (Lipinski definition) is 1. The van der Waals surface area contributed by atoms with Gasteiger partial charge in [0, 0.05) is 18.7 Å². The van der Waals surface area contributed by atoms with Crippen molar-refractivity contribution in [2.75, 3.05) is 21.3 Å². The fraction of sp³-hybridized carbons (Fsp3) is 0.571. The maximum absolute atomic E-state index is 14.1. The monoisotopic (exact) mass is 253 g/mol. The molecule has 4 heteroatoms. The minimum atomic E-state index is -0.274. The highest BCUT2D eigenvalue weighted by molar-refractivity contribution is 5.33. The molecule has 0 amide bonds. The highest BCUT2D eigenvalue weighted by atomic mass is 19.1. The lowest BCUT2D eigenvalue weighted by atomic mass is 9.72. The number of benzene rings is 1. The largest absolute Gasteiger partial charge is 0.497 e. The Morgan fingerprint density at radius 2 is 2.06 bits per heavy atom.